The molecule has 0 atom stereocenters. The number of sulfone groups is 1. The molecule has 0 saturated carbocycles. The van der Waals surface area contributed by atoms with E-state index >= 15 is 0 Å². The molecule has 0 aromatic heterocycles. The SMILES string of the molecule is CN1CCCC=C1c1ccc(C2=NCCCN2C)cc1.O=C([O-])CS(=O)(=O)c1cccc2ccccc12. The van der Waals surface area contributed by atoms with E-state index in [1.807, 2.05) is 0 Å². The van der Waals surface area contributed by atoms with Crippen LogP contribution in [0, 0.1) is 0 Å². The number of hydrogen-bond donors (Lipinski definition) is 0. The first-order chi connectivity index (χ1) is 17.8. The summed E-state index contributed by atoms with van der Waals surface area (Å²) in [5.41, 5.74) is 3.91. The van der Waals surface area contributed by atoms with Crippen molar-refractivity contribution in [2.45, 2.75) is 24.2 Å². The number of fused-ring (bicyclic) bond motifs is 1. The highest BCUT2D eigenvalue weighted by Gasteiger charge is 2.17. The van der Waals surface area contributed by atoms with Crippen LogP contribution in [0.5, 0.6) is 0 Å². The fourth-order valence-corrected chi connectivity index (χ4v) is 5.98. The van der Waals surface area contributed by atoms with Crippen molar-refractivity contribution >= 4 is 38.1 Å². The number of aliphatic carboxylic acids is 1. The maximum Gasteiger partial charge on any atom is 0.184 e. The number of rotatable bonds is 5. The Kier molecular flexibility index (Phi) is 8.28. The summed E-state index contributed by atoms with van der Waals surface area (Å²) in [6, 6.07) is 20.6. The van der Waals surface area contributed by atoms with Crippen LogP contribution in [-0.4, -0.2) is 69.5 Å². The zero-order chi connectivity index (χ0) is 26.4. The number of carbonyl (C=O) groups excluding carboxylic acids is 1. The number of benzene rings is 3. The Balaban J connectivity index is 0.000000176. The highest BCUT2D eigenvalue weighted by Crippen LogP contribution is 2.25. The van der Waals surface area contributed by atoms with Crippen LogP contribution in [0.3, 0.4) is 0 Å². The van der Waals surface area contributed by atoms with Gasteiger partial charge in [0.1, 0.15) is 5.84 Å². The van der Waals surface area contributed by atoms with Gasteiger partial charge in [-0.25, -0.2) is 8.42 Å². The molecule has 8 heteroatoms. The van der Waals surface area contributed by atoms with Crippen LogP contribution in [0.1, 0.15) is 30.4 Å². The Labute approximate surface area is 218 Å². The molecule has 37 heavy (non-hydrogen) atoms. The maximum absolute atomic E-state index is 11.8. The van der Waals surface area contributed by atoms with Gasteiger partial charge in [0, 0.05) is 50.4 Å². The summed E-state index contributed by atoms with van der Waals surface area (Å²) in [7, 11) is 0.459. The number of hydrogen-bond acceptors (Lipinski definition) is 7. The molecule has 0 aliphatic carbocycles. The summed E-state index contributed by atoms with van der Waals surface area (Å²) < 4.78 is 23.7. The molecule has 3 aromatic rings. The number of aliphatic imine (C=N–C) groups is 1. The molecule has 0 radical (unpaired) electrons. The van der Waals surface area contributed by atoms with Crippen LogP contribution in [0.15, 0.2) is 82.7 Å². The number of allylic oxidation sites excluding steroid dienone is 1. The van der Waals surface area contributed by atoms with Crippen molar-refractivity contribution in [3.63, 3.8) is 0 Å². The minimum absolute atomic E-state index is 0.0276. The molecule has 194 valence electrons. The Hall–Kier alpha value is -3.65. The lowest BCUT2D eigenvalue weighted by Crippen LogP contribution is -2.32. The fourth-order valence-electron chi connectivity index (χ4n) is 4.70. The first-order valence-electron chi connectivity index (χ1n) is 12.4. The summed E-state index contributed by atoms with van der Waals surface area (Å²) in [6.45, 7) is 3.22. The fraction of sp³-hybridized carbons (Fsp3) is 0.310. The van der Waals surface area contributed by atoms with Crippen LogP contribution in [0.25, 0.3) is 16.5 Å². The largest absolute Gasteiger partial charge is 0.549 e. The van der Waals surface area contributed by atoms with E-state index in [9.17, 15) is 18.3 Å². The maximum atomic E-state index is 11.8. The lowest BCUT2D eigenvalue weighted by atomic mass is 10.0. The summed E-state index contributed by atoms with van der Waals surface area (Å²) >= 11 is 0. The van der Waals surface area contributed by atoms with Crippen molar-refractivity contribution in [2.75, 3.05) is 39.5 Å². The number of carboxylic acids is 1. The van der Waals surface area contributed by atoms with Gasteiger partial charge in [0.2, 0.25) is 0 Å². The zero-order valence-electron chi connectivity index (χ0n) is 21.3. The second-order valence-electron chi connectivity index (χ2n) is 9.32. The molecule has 0 N–H and O–H groups in total. The first kappa shape index (κ1) is 26.4. The molecule has 7 nitrogen and oxygen atoms in total. The summed E-state index contributed by atoms with van der Waals surface area (Å²) in [6.07, 6.45) is 5.97. The van der Waals surface area contributed by atoms with Crippen LogP contribution >= 0.6 is 0 Å². The molecule has 3 aromatic carbocycles. The molecule has 0 fully saturated rings. The van der Waals surface area contributed by atoms with Gasteiger partial charge in [-0.3, -0.25) is 4.99 Å². The van der Waals surface area contributed by atoms with Crippen molar-refractivity contribution in [2.24, 2.45) is 4.99 Å². The van der Waals surface area contributed by atoms with Gasteiger partial charge in [-0.2, -0.15) is 0 Å². The van der Waals surface area contributed by atoms with E-state index < -0.39 is 21.6 Å². The van der Waals surface area contributed by atoms with Crippen LogP contribution in [-0.2, 0) is 14.6 Å². The minimum Gasteiger partial charge on any atom is -0.549 e. The normalized spacial score (nSPS) is 15.9. The molecule has 0 bridgehead atoms. The van der Waals surface area contributed by atoms with E-state index in [0.29, 0.717) is 5.39 Å². The van der Waals surface area contributed by atoms with Crippen LogP contribution in [0.2, 0.25) is 0 Å². The minimum atomic E-state index is -3.85. The molecule has 0 saturated heterocycles. The van der Waals surface area contributed by atoms with Gasteiger partial charge in [0.15, 0.2) is 9.84 Å². The van der Waals surface area contributed by atoms with Gasteiger partial charge in [0.25, 0.3) is 0 Å². The van der Waals surface area contributed by atoms with Crippen LogP contribution in [0.4, 0.5) is 0 Å². The number of nitrogens with zero attached hydrogens (tertiary/aromatic N) is 3. The van der Waals surface area contributed by atoms with Crippen molar-refractivity contribution < 1.29 is 18.3 Å². The van der Waals surface area contributed by atoms with Gasteiger partial charge in [-0.15, -0.1) is 0 Å². The molecule has 0 spiro atoms. The Morgan fingerprint density at radius 2 is 1.57 bits per heavy atom. The standard InChI is InChI=1S/C17H23N3.C12H10O4S/c1-19-12-4-3-6-16(19)14-7-9-15(10-8-14)17-18-11-5-13-20(17)2;13-12(14)8-17(15,16)11-7-3-5-9-4-1-2-6-10(9)11/h6-10H,3-5,11-13H2,1-2H3;1-7H,8H2,(H,13,14)/p-1. The number of carbonyl (C=O) groups is 1. The monoisotopic (exact) mass is 518 g/mol. The highest BCUT2D eigenvalue weighted by molar-refractivity contribution is 7.92. The van der Waals surface area contributed by atoms with Gasteiger partial charge in [-0.05, 0) is 36.3 Å². The Bertz CT molecular complexity index is 1370. The first-order valence-corrected chi connectivity index (χ1v) is 14.1. The third-order valence-electron chi connectivity index (χ3n) is 6.55. The molecule has 5 rings (SSSR count). The highest BCUT2D eigenvalue weighted by atomic mass is 32.2. The lowest BCUT2D eigenvalue weighted by Gasteiger charge is -2.27. The van der Waals surface area contributed by atoms with Crippen LogP contribution < -0.4 is 5.11 Å². The average Bonchev–Trinajstić information content (AvgIpc) is 2.89. The van der Waals surface area contributed by atoms with E-state index in [4.69, 9.17) is 0 Å². The average molecular weight is 519 g/mol. The van der Waals surface area contributed by atoms with Crippen molar-refractivity contribution in [1.82, 2.24) is 9.80 Å². The zero-order valence-corrected chi connectivity index (χ0v) is 22.1. The molecule has 0 amide bonds. The molecular weight excluding hydrogens is 486 g/mol. The Morgan fingerprint density at radius 1 is 0.892 bits per heavy atom. The van der Waals surface area contributed by atoms with Crippen molar-refractivity contribution in [1.29, 1.82) is 0 Å². The molecule has 0 unspecified atom stereocenters. The lowest BCUT2D eigenvalue weighted by molar-refractivity contribution is -0.301. The quantitative estimate of drug-likeness (QED) is 0.515. The number of amidine groups is 1. The van der Waals surface area contributed by atoms with Crippen molar-refractivity contribution in [3.05, 3.63) is 83.9 Å². The van der Waals surface area contributed by atoms with E-state index in [0.717, 1.165) is 37.3 Å². The van der Waals surface area contributed by atoms with Gasteiger partial charge < -0.3 is 19.7 Å². The third kappa shape index (κ3) is 6.38. The molecule has 2 aliphatic heterocycles. The summed E-state index contributed by atoms with van der Waals surface area (Å²) in [5, 5.41) is 11.7. The smallest absolute Gasteiger partial charge is 0.184 e. The Morgan fingerprint density at radius 3 is 2.27 bits per heavy atom. The van der Waals surface area contributed by atoms with E-state index in [-0.39, 0.29) is 4.90 Å². The summed E-state index contributed by atoms with van der Waals surface area (Å²) in [5.74, 6) is -1.47. The topological polar surface area (TPSA) is 93.1 Å². The third-order valence-corrected chi connectivity index (χ3v) is 8.19. The van der Waals surface area contributed by atoms with E-state index in [1.165, 1.54) is 35.7 Å². The molecule has 2 heterocycles. The van der Waals surface area contributed by atoms with E-state index in [2.05, 4.69) is 59.2 Å². The van der Waals surface area contributed by atoms with Gasteiger partial charge in [0.05, 0.1) is 16.6 Å². The second kappa shape index (κ2) is 11.6. The van der Waals surface area contributed by atoms with Crippen molar-refractivity contribution in [3.8, 4) is 0 Å². The predicted molar refractivity (Wildman–Crippen MR) is 146 cm³/mol. The molecule has 2 aliphatic rings. The van der Waals surface area contributed by atoms with Gasteiger partial charge in [-0.1, -0.05) is 66.7 Å². The predicted octanol–water partition coefficient (Wildman–Crippen LogP) is 3.20. The number of carboxylic acid groups (broad SMARTS) is 1. The second-order valence-corrected chi connectivity index (χ2v) is 11.3. The van der Waals surface area contributed by atoms with E-state index in [1.54, 1.807) is 36.4 Å². The van der Waals surface area contributed by atoms with Gasteiger partial charge >= 0.3 is 0 Å². The molecular formula is C29H32N3O4S-. The summed E-state index contributed by atoms with van der Waals surface area (Å²) in [4.78, 5) is 19.7.